The van der Waals surface area contributed by atoms with E-state index in [-0.39, 0.29) is 0 Å². The largest absolute Gasteiger partial charge is 0.363 e. The second-order valence-corrected chi connectivity index (χ2v) is 3.63. The molecule has 4 N–H and O–H groups in total. The SMILES string of the molecule is CC(N)(O)NC1CCCCC1. The Kier molecular flexibility index (Phi) is 2.87. The molecule has 0 amide bonds. The van der Waals surface area contributed by atoms with Crippen LogP contribution in [0.1, 0.15) is 39.0 Å². The first-order valence-electron chi connectivity index (χ1n) is 4.37. The molecule has 66 valence electrons. The first-order valence-corrected chi connectivity index (χ1v) is 4.37. The molecule has 0 spiro atoms. The molecule has 1 unspecified atom stereocenters. The van der Waals surface area contributed by atoms with Gasteiger partial charge < -0.3 is 5.11 Å². The molecule has 1 saturated carbocycles. The zero-order valence-electron chi connectivity index (χ0n) is 7.14. The Morgan fingerprint density at radius 3 is 2.36 bits per heavy atom. The van der Waals surface area contributed by atoms with Crippen LogP contribution in [0.3, 0.4) is 0 Å². The fourth-order valence-electron chi connectivity index (χ4n) is 1.66. The van der Waals surface area contributed by atoms with Crippen LogP contribution >= 0.6 is 0 Å². The van der Waals surface area contributed by atoms with Crippen molar-refractivity contribution in [1.29, 1.82) is 0 Å². The van der Waals surface area contributed by atoms with Crippen molar-refractivity contribution in [3.05, 3.63) is 0 Å². The first-order chi connectivity index (χ1) is 5.08. The zero-order valence-corrected chi connectivity index (χ0v) is 7.14. The minimum Gasteiger partial charge on any atom is -0.363 e. The molecule has 0 radical (unpaired) electrons. The van der Waals surface area contributed by atoms with Crippen molar-refractivity contribution in [3.63, 3.8) is 0 Å². The van der Waals surface area contributed by atoms with Gasteiger partial charge in [0.05, 0.1) is 0 Å². The Morgan fingerprint density at radius 1 is 1.36 bits per heavy atom. The third-order valence-electron chi connectivity index (χ3n) is 2.10. The quantitative estimate of drug-likeness (QED) is 0.514. The summed E-state index contributed by atoms with van der Waals surface area (Å²) in [7, 11) is 0. The average Bonchev–Trinajstić information content (AvgIpc) is 1.85. The highest BCUT2D eigenvalue weighted by molar-refractivity contribution is 4.75. The van der Waals surface area contributed by atoms with Crippen LogP contribution in [-0.2, 0) is 0 Å². The predicted molar refractivity (Wildman–Crippen MR) is 44.8 cm³/mol. The Labute approximate surface area is 68.0 Å². The lowest BCUT2D eigenvalue weighted by molar-refractivity contribution is 0.0137. The number of nitrogens with two attached hydrogens (primary N) is 1. The summed E-state index contributed by atoms with van der Waals surface area (Å²) in [6, 6.07) is 0.420. The van der Waals surface area contributed by atoms with Crippen LogP contribution in [0, 0.1) is 0 Å². The smallest absolute Gasteiger partial charge is 0.166 e. The number of hydrogen-bond acceptors (Lipinski definition) is 3. The molecule has 0 aromatic rings. The van der Waals surface area contributed by atoms with E-state index in [9.17, 15) is 5.11 Å². The summed E-state index contributed by atoms with van der Waals surface area (Å²) in [5.74, 6) is -1.19. The predicted octanol–water partition coefficient (Wildman–Crippen LogP) is 0.533. The molecule has 0 aliphatic heterocycles. The molecule has 0 bridgehead atoms. The van der Waals surface area contributed by atoms with E-state index < -0.39 is 5.85 Å². The van der Waals surface area contributed by atoms with Crippen molar-refractivity contribution < 1.29 is 5.11 Å². The molecule has 1 fully saturated rings. The topological polar surface area (TPSA) is 58.3 Å². The van der Waals surface area contributed by atoms with Gasteiger partial charge >= 0.3 is 0 Å². The summed E-state index contributed by atoms with van der Waals surface area (Å²) in [6.07, 6.45) is 6.13. The summed E-state index contributed by atoms with van der Waals surface area (Å²) in [4.78, 5) is 0. The summed E-state index contributed by atoms with van der Waals surface area (Å²) in [6.45, 7) is 1.58. The second-order valence-electron chi connectivity index (χ2n) is 3.63. The first kappa shape index (κ1) is 8.97. The minimum atomic E-state index is -1.19. The van der Waals surface area contributed by atoms with Crippen molar-refractivity contribution in [2.24, 2.45) is 5.73 Å². The third-order valence-corrected chi connectivity index (χ3v) is 2.10. The normalized spacial score (nSPS) is 26.5. The molecule has 0 heterocycles. The van der Waals surface area contributed by atoms with Gasteiger partial charge in [0, 0.05) is 6.04 Å². The molecular formula is C8H18N2O. The van der Waals surface area contributed by atoms with E-state index in [1.54, 1.807) is 6.92 Å². The lowest BCUT2D eigenvalue weighted by Crippen LogP contribution is -2.55. The lowest BCUT2D eigenvalue weighted by Gasteiger charge is -2.29. The van der Waals surface area contributed by atoms with Gasteiger partial charge in [-0.2, -0.15) is 0 Å². The standard InChI is InChI=1S/C8H18N2O/c1-8(9,11)10-7-5-3-2-4-6-7/h7,10-11H,2-6,9H2,1H3. The van der Waals surface area contributed by atoms with Crippen molar-refractivity contribution in [1.82, 2.24) is 5.32 Å². The second kappa shape index (κ2) is 3.52. The van der Waals surface area contributed by atoms with Crippen LogP contribution in [0.2, 0.25) is 0 Å². The number of hydrogen-bond donors (Lipinski definition) is 3. The molecule has 1 aliphatic rings. The Bertz CT molecular complexity index is 114. The number of aliphatic hydroxyl groups is 1. The van der Waals surface area contributed by atoms with Gasteiger partial charge in [-0.1, -0.05) is 19.3 Å². The molecule has 0 aromatic heterocycles. The van der Waals surface area contributed by atoms with Crippen LogP contribution in [0.5, 0.6) is 0 Å². The maximum absolute atomic E-state index is 9.24. The molecule has 0 aromatic carbocycles. The van der Waals surface area contributed by atoms with Crippen LogP contribution in [-0.4, -0.2) is 17.0 Å². The van der Waals surface area contributed by atoms with Gasteiger partial charge in [0.25, 0.3) is 0 Å². The van der Waals surface area contributed by atoms with Crippen molar-refractivity contribution >= 4 is 0 Å². The monoisotopic (exact) mass is 158 g/mol. The van der Waals surface area contributed by atoms with Gasteiger partial charge in [0.2, 0.25) is 0 Å². The van der Waals surface area contributed by atoms with E-state index in [0.29, 0.717) is 6.04 Å². The van der Waals surface area contributed by atoms with Crippen molar-refractivity contribution in [2.45, 2.75) is 50.9 Å². The van der Waals surface area contributed by atoms with Crippen LogP contribution in [0.4, 0.5) is 0 Å². The maximum atomic E-state index is 9.24. The van der Waals surface area contributed by atoms with Gasteiger partial charge in [-0.3, -0.25) is 11.1 Å². The summed E-state index contributed by atoms with van der Waals surface area (Å²) in [5, 5.41) is 12.2. The third kappa shape index (κ3) is 3.70. The molecular weight excluding hydrogens is 140 g/mol. The van der Waals surface area contributed by atoms with E-state index in [4.69, 9.17) is 5.73 Å². The zero-order chi connectivity index (χ0) is 8.32. The molecule has 11 heavy (non-hydrogen) atoms. The molecule has 1 aliphatic carbocycles. The Hall–Kier alpha value is -0.120. The summed E-state index contributed by atoms with van der Waals surface area (Å²) >= 11 is 0. The molecule has 0 saturated heterocycles. The van der Waals surface area contributed by atoms with E-state index in [2.05, 4.69) is 5.32 Å². The summed E-state index contributed by atoms with van der Waals surface area (Å²) in [5.41, 5.74) is 5.41. The van der Waals surface area contributed by atoms with Crippen molar-refractivity contribution in [2.75, 3.05) is 0 Å². The fraction of sp³-hybridized carbons (Fsp3) is 1.00. The molecule has 3 heteroatoms. The van der Waals surface area contributed by atoms with Crippen LogP contribution in [0.25, 0.3) is 0 Å². The van der Waals surface area contributed by atoms with E-state index in [0.717, 1.165) is 12.8 Å². The van der Waals surface area contributed by atoms with Crippen molar-refractivity contribution in [3.8, 4) is 0 Å². The van der Waals surface area contributed by atoms with Gasteiger partial charge in [-0.25, -0.2) is 0 Å². The molecule has 3 nitrogen and oxygen atoms in total. The van der Waals surface area contributed by atoms with Gasteiger partial charge in [0.15, 0.2) is 5.85 Å². The fourth-order valence-corrected chi connectivity index (χ4v) is 1.66. The van der Waals surface area contributed by atoms with Gasteiger partial charge in [0.1, 0.15) is 0 Å². The highest BCUT2D eigenvalue weighted by atomic mass is 16.3. The number of nitrogens with one attached hydrogen (secondary N) is 1. The summed E-state index contributed by atoms with van der Waals surface area (Å²) < 4.78 is 0. The molecule has 1 atom stereocenters. The lowest BCUT2D eigenvalue weighted by atomic mass is 9.95. The highest BCUT2D eigenvalue weighted by Crippen LogP contribution is 2.18. The Morgan fingerprint density at radius 2 is 1.91 bits per heavy atom. The highest BCUT2D eigenvalue weighted by Gasteiger charge is 2.20. The maximum Gasteiger partial charge on any atom is 0.166 e. The minimum absolute atomic E-state index is 0.420. The van der Waals surface area contributed by atoms with Gasteiger partial charge in [-0.05, 0) is 19.8 Å². The Balaban J connectivity index is 2.24. The average molecular weight is 158 g/mol. The van der Waals surface area contributed by atoms with E-state index in [1.807, 2.05) is 0 Å². The number of rotatable bonds is 2. The van der Waals surface area contributed by atoms with E-state index >= 15 is 0 Å². The van der Waals surface area contributed by atoms with E-state index in [1.165, 1.54) is 19.3 Å². The molecule has 1 rings (SSSR count). The van der Waals surface area contributed by atoms with Gasteiger partial charge in [-0.15, -0.1) is 0 Å². The van der Waals surface area contributed by atoms with Crippen LogP contribution < -0.4 is 11.1 Å². The van der Waals surface area contributed by atoms with Crippen LogP contribution in [0.15, 0.2) is 0 Å².